The number of benzene rings is 1. The van der Waals surface area contributed by atoms with E-state index in [4.69, 9.17) is 9.47 Å². The van der Waals surface area contributed by atoms with Crippen molar-refractivity contribution in [1.29, 1.82) is 0 Å². The van der Waals surface area contributed by atoms with E-state index < -0.39 is 0 Å². The second kappa shape index (κ2) is 8.69. The smallest absolute Gasteiger partial charge is 0.191 e. The molecule has 1 aromatic carbocycles. The van der Waals surface area contributed by atoms with E-state index >= 15 is 0 Å². The van der Waals surface area contributed by atoms with E-state index in [9.17, 15) is 0 Å². The maximum absolute atomic E-state index is 5.78. The second-order valence-corrected chi connectivity index (χ2v) is 5.68. The minimum Gasteiger partial charge on any atom is -0.492 e. The second-order valence-electron chi connectivity index (χ2n) is 4.62. The van der Waals surface area contributed by atoms with Gasteiger partial charge in [-0.05, 0) is 25.0 Å². The van der Waals surface area contributed by atoms with Crippen LogP contribution in [0.25, 0.3) is 0 Å². The van der Waals surface area contributed by atoms with Gasteiger partial charge in [-0.2, -0.15) is 0 Å². The molecule has 0 aliphatic rings. The number of hydrogen-bond donors (Lipinski definition) is 0. The fourth-order valence-corrected chi connectivity index (χ4v) is 2.65. The van der Waals surface area contributed by atoms with Gasteiger partial charge in [-0.1, -0.05) is 30.0 Å². The monoisotopic (exact) mass is 307 g/mol. The summed E-state index contributed by atoms with van der Waals surface area (Å²) in [5.41, 5.74) is 1.16. The molecule has 0 saturated carbocycles. The molecular formula is C15H21N3O2S. The first-order valence-corrected chi connectivity index (χ1v) is 7.98. The van der Waals surface area contributed by atoms with Crippen LogP contribution < -0.4 is 4.74 Å². The Morgan fingerprint density at radius 2 is 2.10 bits per heavy atom. The Morgan fingerprint density at radius 1 is 1.24 bits per heavy atom. The molecule has 0 atom stereocenters. The molecule has 21 heavy (non-hydrogen) atoms. The first-order valence-electron chi connectivity index (χ1n) is 6.99. The van der Waals surface area contributed by atoms with Crippen LogP contribution in [-0.2, 0) is 11.3 Å². The topological polar surface area (TPSA) is 49.2 Å². The molecule has 0 N–H and O–H groups in total. The van der Waals surface area contributed by atoms with Crippen LogP contribution in [0.15, 0.2) is 35.7 Å². The highest BCUT2D eigenvalue weighted by molar-refractivity contribution is 7.99. The third kappa shape index (κ3) is 5.06. The lowest BCUT2D eigenvalue weighted by molar-refractivity contribution is 0.189. The van der Waals surface area contributed by atoms with Gasteiger partial charge < -0.3 is 14.0 Å². The highest BCUT2D eigenvalue weighted by Gasteiger charge is 2.05. The minimum absolute atomic E-state index is 0.653. The summed E-state index contributed by atoms with van der Waals surface area (Å²) in [5, 5.41) is 9.03. The summed E-state index contributed by atoms with van der Waals surface area (Å²) in [7, 11) is 1.71. The molecule has 0 aliphatic heterocycles. The standard InChI is InChI=1S/C15H21N3O2S/c1-13-6-3-4-7-14(13)20-10-11-21-15-17-16-12-18(15)8-5-9-19-2/h3-4,6-7,12H,5,8-11H2,1-2H3. The number of aryl methyl sites for hydroxylation is 2. The number of methoxy groups -OCH3 is 1. The molecule has 0 radical (unpaired) electrons. The number of hydrogen-bond acceptors (Lipinski definition) is 5. The highest BCUT2D eigenvalue weighted by atomic mass is 32.2. The van der Waals surface area contributed by atoms with E-state index in [1.165, 1.54) is 0 Å². The molecule has 1 aromatic heterocycles. The van der Waals surface area contributed by atoms with Gasteiger partial charge in [-0.25, -0.2) is 0 Å². The van der Waals surface area contributed by atoms with Gasteiger partial charge in [-0.3, -0.25) is 0 Å². The van der Waals surface area contributed by atoms with Crippen molar-refractivity contribution in [3.05, 3.63) is 36.2 Å². The molecule has 0 aliphatic carbocycles. The third-order valence-corrected chi connectivity index (χ3v) is 3.94. The van der Waals surface area contributed by atoms with Gasteiger partial charge in [0.2, 0.25) is 0 Å². The minimum atomic E-state index is 0.653. The number of thioether (sulfide) groups is 1. The van der Waals surface area contributed by atoms with Crippen LogP contribution in [0.2, 0.25) is 0 Å². The van der Waals surface area contributed by atoms with Crippen LogP contribution >= 0.6 is 11.8 Å². The van der Waals surface area contributed by atoms with Gasteiger partial charge >= 0.3 is 0 Å². The first-order chi connectivity index (χ1) is 10.3. The summed E-state index contributed by atoms with van der Waals surface area (Å²) in [4.78, 5) is 0. The molecule has 0 fully saturated rings. The average Bonchev–Trinajstić information content (AvgIpc) is 2.93. The van der Waals surface area contributed by atoms with Crippen molar-refractivity contribution in [2.45, 2.75) is 25.0 Å². The molecule has 0 amide bonds. The maximum Gasteiger partial charge on any atom is 0.191 e. The predicted octanol–water partition coefficient (Wildman–Crippen LogP) is 2.79. The summed E-state index contributed by atoms with van der Waals surface area (Å²) >= 11 is 1.66. The van der Waals surface area contributed by atoms with Crippen molar-refractivity contribution in [1.82, 2.24) is 14.8 Å². The van der Waals surface area contributed by atoms with E-state index in [1.54, 1.807) is 25.2 Å². The van der Waals surface area contributed by atoms with Crippen LogP contribution in [0.3, 0.4) is 0 Å². The lowest BCUT2D eigenvalue weighted by atomic mass is 10.2. The van der Waals surface area contributed by atoms with Crippen LogP contribution in [0, 0.1) is 6.92 Å². The van der Waals surface area contributed by atoms with Crippen LogP contribution in [-0.4, -0.2) is 40.8 Å². The molecule has 0 saturated heterocycles. The van der Waals surface area contributed by atoms with Gasteiger partial charge in [0, 0.05) is 26.0 Å². The van der Waals surface area contributed by atoms with Gasteiger partial charge in [0.15, 0.2) is 5.16 Å². The Balaban J connectivity index is 1.74. The Kier molecular flexibility index (Phi) is 6.56. The van der Waals surface area contributed by atoms with E-state index in [2.05, 4.69) is 27.8 Å². The zero-order valence-corrected chi connectivity index (χ0v) is 13.3. The van der Waals surface area contributed by atoms with E-state index in [1.807, 2.05) is 18.2 Å². The zero-order chi connectivity index (χ0) is 14.9. The normalized spacial score (nSPS) is 10.8. The number of ether oxygens (including phenoxy) is 2. The molecule has 2 rings (SSSR count). The number of nitrogens with zero attached hydrogens (tertiary/aromatic N) is 3. The summed E-state index contributed by atoms with van der Waals surface area (Å²) in [5.74, 6) is 1.79. The Labute approximate surface area is 129 Å². The van der Waals surface area contributed by atoms with Crippen LogP contribution in [0.4, 0.5) is 0 Å². The van der Waals surface area contributed by atoms with Crippen molar-refractivity contribution in [2.24, 2.45) is 0 Å². The molecule has 0 bridgehead atoms. The molecule has 114 valence electrons. The Hall–Kier alpha value is -1.53. The van der Waals surface area contributed by atoms with Crippen molar-refractivity contribution < 1.29 is 9.47 Å². The molecule has 0 spiro atoms. The van der Waals surface area contributed by atoms with E-state index in [0.717, 1.165) is 41.8 Å². The number of rotatable bonds is 9. The number of aromatic nitrogens is 3. The summed E-state index contributed by atoms with van der Waals surface area (Å²) < 4.78 is 12.9. The molecule has 2 aromatic rings. The molecule has 6 heteroatoms. The van der Waals surface area contributed by atoms with E-state index in [0.29, 0.717) is 6.61 Å². The molecule has 1 heterocycles. The fraction of sp³-hybridized carbons (Fsp3) is 0.467. The maximum atomic E-state index is 5.78. The fourth-order valence-electron chi connectivity index (χ4n) is 1.89. The lowest BCUT2D eigenvalue weighted by Crippen LogP contribution is -2.05. The Bertz CT molecular complexity index is 545. The van der Waals surface area contributed by atoms with Crippen molar-refractivity contribution in [2.75, 3.05) is 26.1 Å². The van der Waals surface area contributed by atoms with Gasteiger partial charge in [0.05, 0.1) is 6.61 Å². The Morgan fingerprint density at radius 3 is 2.90 bits per heavy atom. The molecule has 5 nitrogen and oxygen atoms in total. The first kappa shape index (κ1) is 15.9. The van der Waals surface area contributed by atoms with Crippen molar-refractivity contribution >= 4 is 11.8 Å². The van der Waals surface area contributed by atoms with Crippen molar-refractivity contribution in [3.8, 4) is 5.75 Å². The number of para-hydroxylation sites is 1. The van der Waals surface area contributed by atoms with Crippen LogP contribution in [0.1, 0.15) is 12.0 Å². The lowest BCUT2D eigenvalue weighted by Gasteiger charge is -2.09. The summed E-state index contributed by atoms with van der Waals surface area (Å²) in [6, 6.07) is 8.05. The predicted molar refractivity (Wildman–Crippen MR) is 83.9 cm³/mol. The zero-order valence-electron chi connectivity index (χ0n) is 12.5. The summed E-state index contributed by atoms with van der Waals surface area (Å²) in [6.45, 7) is 4.33. The van der Waals surface area contributed by atoms with Crippen molar-refractivity contribution in [3.63, 3.8) is 0 Å². The molecular weight excluding hydrogens is 286 g/mol. The van der Waals surface area contributed by atoms with Gasteiger partial charge in [-0.15, -0.1) is 10.2 Å². The van der Waals surface area contributed by atoms with Crippen LogP contribution in [0.5, 0.6) is 5.75 Å². The quantitative estimate of drug-likeness (QED) is 0.526. The SMILES string of the molecule is COCCCn1cnnc1SCCOc1ccccc1C. The average molecular weight is 307 g/mol. The summed E-state index contributed by atoms with van der Waals surface area (Å²) in [6.07, 6.45) is 2.72. The van der Waals surface area contributed by atoms with E-state index in [-0.39, 0.29) is 0 Å². The third-order valence-electron chi connectivity index (χ3n) is 2.99. The largest absolute Gasteiger partial charge is 0.492 e. The highest BCUT2D eigenvalue weighted by Crippen LogP contribution is 2.18. The van der Waals surface area contributed by atoms with Gasteiger partial charge in [0.1, 0.15) is 12.1 Å². The molecule has 0 unspecified atom stereocenters. The van der Waals surface area contributed by atoms with Gasteiger partial charge in [0.25, 0.3) is 0 Å².